The molecule has 0 spiro atoms. The Labute approximate surface area is 176 Å². The number of fused-ring (bicyclic) bond motifs is 4. The van der Waals surface area contributed by atoms with E-state index < -0.39 is 0 Å². The van der Waals surface area contributed by atoms with Gasteiger partial charge < -0.3 is 4.90 Å². The van der Waals surface area contributed by atoms with E-state index in [1.807, 2.05) is 0 Å². The van der Waals surface area contributed by atoms with Crippen LogP contribution in [0.2, 0.25) is 0 Å². The maximum absolute atomic E-state index is 13.0. The van der Waals surface area contributed by atoms with Gasteiger partial charge in [0, 0.05) is 43.8 Å². The van der Waals surface area contributed by atoms with Crippen LogP contribution >= 0.6 is 0 Å². The molecule has 3 aliphatic heterocycles. The summed E-state index contributed by atoms with van der Waals surface area (Å²) >= 11 is 0. The summed E-state index contributed by atoms with van der Waals surface area (Å²) in [7, 11) is 0. The van der Waals surface area contributed by atoms with Crippen LogP contribution < -0.4 is 0 Å². The predicted octanol–water partition coefficient (Wildman–Crippen LogP) is 4.56. The fourth-order valence-corrected chi connectivity index (χ4v) is 6.99. The molecule has 1 saturated carbocycles. The van der Waals surface area contributed by atoms with Gasteiger partial charge in [-0.2, -0.15) is 0 Å². The third-order valence-electron chi connectivity index (χ3n) is 8.20. The monoisotopic (exact) mass is 395 g/mol. The molecule has 4 atom stereocenters. The average molecular weight is 396 g/mol. The Kier molecular flexibility index (Phi) is 5.64. The zero-order chi connectivity index (χ0) is 19.8. The molecular formula is C25H37N3O. The van der Waals surface area contributed by atoms with Crippen molar-refractivity contribution in [3.8, 4) is 0 Å². The maximum atomic E-state index is 13.0. The number of piperidine rings is 3. The zero-order valence-corrected chi connectivity index (χ0v) is 18.1. The number of rotatable bonds is 4. The highest BCUT2D eigenvalue weighted by Crippen LogP contribution is 2.44. The van der Waals surface area contributed by atoms with Crippen molar-refractivity contribution in [2.75, 3.05) is 13.1 Å². The lowest BCUT2D eigenvalue weighted by Gasteiger charge is -2.57. The van der Waals surface area contributed by atoms with Crippen molar-refractivity contribution < 1.29 is 4.79 Å². The third kappa shape index (κ3) is 4.10. The molecule has 4 aliphatic rings. The molecule has 1 aromatic heterocycles. The lowest BCUT2D eigenvalue weighted by Crippen LogP contribution is -2.65. The number of nitrogens with zero attached hydrogens (tertiary/aromatic N) is 3. The molecule has 0 N–H and O–H groups in total. The summed E-state index contributed by atoms with van der Waals surface area (Å²) in [4.78, 5) is 22.9. The van der Waals surface area contributed by atoms with E-state index in [-0.39, 0.29) is 0 Å². The van der Waals surface area contributed by atoms with E-state index in [0.29, 0.717) is 29.8 Å². The molecule has 1 amide bonds. The minimum absolute atomic E-state index is 0.463. The van der Waals surface area contributed by atoms with Gasteiger partial charge in [-0.05, 0) is 62.5 Å². The van der Waals surface area contributed by atoms with E-state index in [4.69, 9.17) is 4.98 Å². The second-order valence-electron chi connectivity index (χ2n) is 10.3. The molecule has 3 saturated heterocycles. The van der Waals surface area contributed by atoms with Gasteiger partial charge in [0.25, 0.3) is 0 Å². The number of likely N-dealkylation sites (tertiary alicyclic amines) is 1. The van der Waals surface area contributed by atoms with Crippen molar-refractivity contribution in [2.45, 2.75) is 89.8 Å². The van der Waals surface area contributed by atoms with Gasteiger partial charge >= 0.3 is 0 Å². The third-order valence-corrected chi connectivity index (χ3v) is 8.20. The molecule has 5 rings (SSSR count). The van der Waals surface area contributed by atoms with Gasteiger partial charge in [-0.15, -0.1) is 0 Å². The van der Waals surface area contributed by atoms with E-state index in [9.17, 15) is 4.79 Å². The second kappa shape index (κ2) is 8.37. The number of pyridine rings is 1. The number of carbonyl (C=O) groups is 1. The second-order valence-corrected chi connectivity index (χ2v) is 10.3. The number of aromatic nitrogens is 1. The van der Waals surface area contributed by atoms with Crippen LogP contribution in [0.4, 0.5) is 0 Å². The summed E-state index contributed by atoms with van der Waals surface area (Å²) in [6.07, 6.45) is 12.7. The van der Waals surface area contributed by atoms with Gasteiger partial charge in [-0.25, -0.2) is 0 Å². The van der Waals surface area contributed by atoms with Crippen molar-refractivity contribution in [1.29, 1.82) is 0 Å². The highest BCUT2D eigenvalue weighted by molar-refractivity contribution is 5.78. The Hall–Kier alpha value is -1.42. The Balaban J connectivity index is 1.36. The van der Waals surface area contributed by atoms with Crippen LogP contribution in [0.3, 0.4) is 0 Å². The summed E-state index contributed by atoms with van der Waals surface area (Å²) in [5, 5.41) is 0. The number of hydrogen-bond acceptors (Lipinski definition) is 3. The molecule has 4 fully saturated rings. The summed E-state index contributed by atoms with van der Waals surface area (Å²) in [5.74, 6) is 2.62. The Morgan fingerprint density at radius 1 is 1.03 bits per heavy atom. The minimum atomic E-state index is 0.463. The molecule has 4 heterocycles. The van der Waals surface area contributed by atoms with Crippen molar-refractivity contribution in [2.24, 2.45) is 17.8 Å². The standard InChI is InChI=1S/C25H37N3O/c1-18-7-5-10-22(26-18)17-27-15-20-14-21(16-27)24(13-19-8-3-2-4-9-19)28-23(20)11-6-12-25(28)29/h5,7,10,19-21,23-24H,2-4,6,8-9,11-17H2,1H3/t20-,21+,23+,24+/m1/s1. The summed E-state index contributed by atoms with van der Waals surface area (Å²) < 4.78 is 0. The van der Waals surface area contributed by atoms with Crippen molar-refractivity contribution in [1.82, 2.24) is 14.8 Å². The zero-order valence-electron chi connectivity index (χ0n) is 18.1. The van der Waals surface area contributed by atoms with Gasteiger partial charge in [0.15, 0.2) is 0 Å². The minimum Gasteiger partial charge on any atom is -0.336 e. The maximum Gasteiger partial charge on any atom is 0.223 e. The molecule has 4 nitrogen and oxygen atoms in total. The van der Waals surface area contributed by atoms with E-state index in [1.54, 1.807) is 0 Å². The molecular weight excluding hydrogens is 358 g/mol. The fourth-order valence-electron chi connectivity index (χ4n) is 6.99. The Morgan fingerprint density at radius 2 is 1.86 bits per heavy atom. The lowest BCUT2D eigenvalue weighted by molar-refractivity contribution is -0.154. The normalized spacial score (nSPS) is 33.6. The van der Waals surface area contributed by atoms with Gasteiger partial charge in [0.2, 0.25) is 5.91 Å². The van der Waals surface area contributed by atoms with E-state index in [1.165, 1.54) is 57.1 Å². The van der Waals surface area contributed by atoms with Crippen LogP contribution in [0.25, 0.3) is 0 Å². The molecule has 1 aromatic rings. The molecule has 2 bridgehead atoms. The Morgan fingerprint density at radius 3 is 2.69 bits per heavy atom. The van der Waals surface area contributed by atoms with E-state index in [2.05, 4.69) is 34.9 Å². The first-order valence-corrected chi connectivity index (χ1v) is 12.1. The highest BCUT2D eigenvalue weighted by Gasteiger charge is 2.49. The molecule has 0 unspecified atom stereocenters. The van der Waals surface area contributed by atoms with Gasteiger partial charge in [0.05, 0.1) is 5.69 Å². The fraction of sp³-hybridized carbons (Fsp3) is 0.760. The molecule has 4 heteroatoms. The average Bonchev–Trinajstić information content (AvgIpc) is 2.72. The van der Waals surface area contributed by atoms with Gasteiger partial charge in [-0.1, -0.05) is 38.2 Å². The summed E-state index contributed by atoms with van der Waals surface area (Å²) in [6, 6.07) is 7.37. The summed E-state index contributed by atoms with van der Waals surface area (Å²) in [6.45, 7) is 5.32. The van der Waals surface area contributed by atoms with Crippen LogP contribution in [0, 0.1) is 24.7 Å². The van der Waals surface area contributed by atoms with E-state index >= 15 is 0 Å². The van der Waals surface area contributed by atoms with Gasteiger partial charge in [0.1, 0.15) is 0 Å². The molecule has 0 aromatic carbocycles. The number of aryl methyl sites for hydroxylation is 1. The van der Waals surface area contributed by atoms with Crippen molar-refractivity contribution >= 4 is 5.91 Å². The Bertz CT molecular complexity index is 729. The van der Waals surface area contributed by atoms with Crippen LogP contribution in [-0.4, -0.2) is 45.9 Å². The predicted molar refractivity (Wildman–Crippen MR) is 115 cm³/mol. The first kappa shape index (κ1) is 19.5. The van der Waals surface area contributed by atoms with E-state index in [0.717, 1.165) is 44.1 Å². The van der Waals surface area contributed by atoms with Crippen LogP contribution in [0.5, 0.6) is 0 Å². The highest BCUT2D eigenvalue weighted by atomic mass is 16.2. The SMILES string of the molecule is Cc1cccc(CN2C[C@H]3C[C@@H](C2)[C@H](CC2CCCCC2)N2C(=O)CCC[C@@H]32)n1. The largest absolute Gasteiger partial charge is 0.336 e. The first-order valence-electron chi connectivity index (χ1n) is 12.1. The lowest BCUT2D eigenvalue weighted by atomic mass is 9.69. The first-order chi connectivity index (χ1) is 14.2. The number of carbonyl (C=O) groups excluding carboxylic acids is 1. The van der Waals surface area contributed by atoms with Crippen LogP contribution in [0.1, 0.15) is 75.6 Å². The van der Waals surface area contributed by atoms with Gasteiger partial charge in [-0.3, -0.25) is 14.7 Å². The molecule has 158 valence electrons. The summed E-state index contributed by atoms with van der Waals surface area (Å²) in [5.41, 5.74) is 2.31. The topological polar surface area (TPSA) is 36.4 Å². The quantitative estimate of drug-likeness (QED) is 0.750. The molecule has 0 radical (unpaired) electrons. The van der Waals surface area contributed by atoms with Crippen LogP contribution in [-0.2, 0) is 11.3 Å². The van der Waals surface area contributed by atoms with Crippen molar-refractivity contribution in [3.05, 3.63) is 29.6 Å². The smallest absolute Gasteiger partial charge is 0.223 e. The number of amides is 1. The van der Waals surface area contributed by atoms with Crippen LogP contribution in [0.15, 0.2) is 18.2 Å². The van der Waals surface area contributed by atoms with Crippen molar-refractivity contribution in [3.63, 3.8) is 0 Å². The molecule has 1 aliphatic carbocycles. The number of hydrogen-bond donors (Lipinski definition) is 0. The molecule has 29 heavy (non-hydrogen) atoms.